The summed E-state index contributed by atoms with van der Waals surface area (Å²) in [6.45, 7) is 0. The maximum atomic E-state index is 13.4. The van der Waals surface area contributed by atoms with E-state index in [4.69, 9.17) is 0 Å². The molecule has 0 saturated carbocycles. The van der Waals surface area contributed by atoms with Crippen LogP contribution in [0.1, 0.15) is 41.4 Å². The maximum absolute atomic E-state index is 13.4. The average molecular weight is 588 g/mol. The number of para-hydroxylation sites is 2. The molecule has 1 heterocycles. The molecular weight excluding hydrogens is 571 g/mol. The van der Waals surface area contributed by atoms with Crippen molar-refractivity contribution in [2.45, 2.75) is 0 Å². The van der Waals surface area contributed by atoms with Crippen molar-refractivity contribution in [2.24, 2.45) is 0 Å². The standard InChI is InChI=1S/C28H17IN2O5/c29-22-11-6-10-20(28(35)36)24(22)30-25(32)17-13-14-19-21(15-17)27(34)31(26(19)33)23-12-5-4-9-18(23)16-7-2-1-3-8-16/h1-15H,(H,30,32)(H,35,36). The molecule has 0 aliphatic carbocycles. The van der Waals surface area contributed by atoms with Crippen LogP contribution in [0.3, 0.4) is 0 Å². The van der Waals surface area contributed by atoms with Gasteiger partial charge in [0.05, 0.1) is 28.1 Å². The summed E-state index contributed by atoms with van der Waals surface area (Å²) in [5.74, 6) is -2.77. The largest absolute Gasteiger partial charge is 0.478 e. The molecule has 0 atom stereocenters. The van der Waals surface area contributed by atoms with E-state index in [0.717, 1.165) is 16.0 Å². The smallest absolute Gasteiger partial charge is 0.337 e. The van der Waals surface area contributed by atoms with Crippen LogP contribution < -0.4 is 10.2 Å². The number of nitrogens with one attached hydrogen (secondary N) is 1. The van der Waals surface area contributed by atoms with Gasteiger partial charge in [-0.3, -0.25) is 14.4 Å². The molecule has 0 fully saturated rings. The summed E-state index contributed by atoms with van der Waals surface area (Å²) in [6, 6.07) is 25.5. The molecule has 0 radical (unpaired) electrons. The highest BCUT2D eigenvalue weighted by molar-refractivity contribution is 14.1. The Hall–Kier alpha value is -4.31. The highest BCUT2D eigenvalue weighted by Crippen LogP contribution is 2.36. The zero-order valence-electron chi connectivity index (χ0n) is 18.6. The number of imide groups is 1. The summed E-state index contributed by atoms with van der Waals surface area (Å²) in [4.78, 5) is 52.4. The number of carboxylic acids is 1. The van der Waals surface area contributed by atoms with Crippen LogP contribution in [0.5, 0.6) is 0 Å². The van der Waals surface area contributed by atoms with Crippen LogP contribution in [-0.4, -0.2) is 28.8 Å². The Kier molecular flexibility index (Phi) is 6.11. The van der Waals surface area contributed by atoms with E-state index < -0.39 is 23.7 Å². The number of hydrogen-bond donors (Lipinski definition) is 2. The van der Waals surface area contributed by atoms with E-state index in [9.17, 15) is 24.3 Å². The van der Waals surface area contributed by atoms with Gasteiger partial charge in [-0.25, -0.2) is 9.69 Å². The molecule has 2 N–H and O–H groups in total. The van der Waals surface area contributed by atoms with E-state index in [1.54, 1.807) is 24.3 Å². The van der Waals surface area contributed by atoms with Crippen molar-refractivity contribution in [3.63, 3.8) is 0 Å². The number of anilines is 2. The van der Waals surface area contributed by atoms with E-state index in [2.05, 4.69) is 5.32 Å². The van der Waals surface area contributed by atoms with Crippen molar-refractivity contribution in [3.8, 4) is 11.1 Å². The molecule has 176 valence electrons. The van der Waals surface area contributed by atoms with Gasteiger partial charge in [0.2, 0.25) is 0 Å². The summed E-state index contributed by atoms with van der Waals surface area (Å²) in [7, 11) is 0. The zero-order chi connectivity index (χ0) is 25.4. The molecule has 0 saturated heterocycles. The Morgan fingerprint density at radius 2 is 1.44 bits per heavy atom. The third-order valence-electron chi connectivity index (χ3n) is 5.86. The molecule has 36 heavy (non-hydrogen) atoms. The molecule has 8 heteroatoms. The number of rotatable bonds is 5. The lowest BCUT2D eigenvalue weighted by Crippen LogP contribution is -2.29. The second-order valence-electron chi connectivity index (χ2n) is 8.01. The van der Waals surface area contributed by atoms with Gasteiger partial charge in [-0.05, 0) is 64.6 Å². The number of carbonyl (C=O) groups is 4. The molecule has 0 spiro atoms. The quantitative estimate of drug-likeness (QED) is 0.230. The highest BCUT2D eigenvalue weighted by Gasteiger charge is 2.38. The molecule has 7 nitrogen and oxygen atoms in total. The Labute approximate surface area is 219 Å². The first-order valence-electron chi connectivity index (χ1n) is 10.9. The van der Waals surface area contributed by atoms with Gasteiger partial charge in [-0.15, -0.1) is 0 Å². The molecular formula is C28H17IN2O5. The summed E-state index contributed by atoms with van der Waals surface area (Å²) in [5, 5.41) is 12.1. The van der Waals surface area contributed by atoms with Crippen LogP contribution in [-0.2, 0) is 0 Å². The summed E-state index contributed by atoms with van der Waals surface area (Å²) >= 11 is 1.94. The van der Waals surface area contributed by atoms with Crippen LogP contribution in [0.4, 0.5) is 11.4 Å². The number of fused-ring (bicyclic) bond motifs is 1. The highest BCUT2D eigenvalue weighted by atomic mass is 127. The number of nitrogens with zero attached hydrogens (tertiary/aromatic N) is 1. The molecule has 4 aromatic carbocycles. The Morgan fingerprint density at radius 3 is 2.19 bits per heavy atom. The second kappa shape index (κ2) is 9.38. The van der Waals surface area contributed by atoms with Crippen LogP contribution in [0.25, 0.3) is 11.1 Å². The van der Waals surface area contributed by atoms with E-state index in [1.165, 1.54) is 24.3 Å². The predicted octanol–water partition coefficient (Wildman–Crippen LogP) is 5.71. The van der Waals surface area contributed by atoms with Crippen molar-refractivity contribution >= 4 is 57.7 Å². The SMILES string of the molecule is O=C(Nc1c(I)cccc1C(=O)O)c1ccc2c(c1)C(=O)N(c1ccccc1-c1ccccc1)C2=O. The molecule has 0 unspecified atom stereocenters. The third kappa shape index (κ3) is 4.05. The minimum atomic E-state index is -1.17. The predicted molar refractivity (Wildman–Crippen MR) is 144 cm³/mol. The minimum Gasteiger partial charge on any atom is -0.478 e. The molecule has 0 aromatic heterocycles. The van der Waals surface area contributed by atoms with Crippen molar-refractivity contribution in [1.82, 2.24) is 0 Å². The number of carboxylic acid groups (broad SMARTS) is 1. The van der Waals surface area contributed by atoms with Gasteiger partial charge in [-0.2, -0.15) is 0 Å². The molecule has 3 amide bonds. The van der Waals surface area contributed by atoms with Gasteiger partial charge in [0.25, 0.3) is 17.7 Å². The van der Waals surface area contributed by atoms with Crippen molar-refractivity contribution in [2.75, 3.05) is 10.2 Å². The lowest BCUT2D eigenvalue weighted by Gasteiger charge is -2.18. The Morgan fingerprint density at radius 1 is 0.750 bits per heavy atom. The number of carbonyl (C=O) groups excluding carboxylic acids is 3. The Bertz CT molecular complexity index is 1570. The van der Waals surface area contributed by atoms with Crippen LogP contribution >= 0.6 is 22.6 Å². The minimum absolute atomic E-state index is 0.0497. The summed E-state index contributed by atoms with van der Waals surface area (Å²) < 4.78 is 0.553. The molecule has 0 bridgehead atoms. The van der Waals surface area contributed by atoms with Gasteiger partial charge in [0.1, 0.15) is 0 Å². The lowest BCUT2D eigenvalue weighted by atomic mass is 10.0. The molecule has 4 aromatic rings. The summed E-state index contributed by atoms with van der Waals surface area (Å²) in [6.07, 6.45) is 0. The third-order valence-corrected chi connectivity index (χ3v) is 6.76. The number of halogens is 1. The molecule has 1 aliphatic rings. The van der Waals surface area contributed by atoms with Gasteiger partial charge in [0, 0.05) is 14.7 Å². The van der Waals surface area contributed by atoms with Crippen molar-refractivity contribution in [1.29, 1.82) is 0 Å². The van der Waals surface area contributed by atoms with E-state index in [1.807, 2.05) is 65.1 Å². The zero-order valence-corrected chi connectivity index (χ0v) is 20.7. The van der Waals surface area contributed by atoms with Crippen LogP contribution in [0, 0.1) is 3.57 Å². The van der Waals surface area contributed by atoms with Gasteiger partial charge in [0.15, 0.2) is 0 Å². The topological polar surface area (TPSA) is 104 Å². The van der Waals surface area contributed by atoms with Gasteiger partial charge < -0.3 is 10.4 Å². The molecule has 5 rings (SSSR count). The number of benzene rings is 4. The summed E-state index contributed by atoms with van der Waals surface area (Å²) in [5.41, 5.74) is 2.58. The fraction of sp³-hybridized carbons (Fsp3) is 0. The number of amides is 3. The van der Waals surface area contributed by atoms with Gasteiger partial charge in [-0.1, -0.05) is 54.6 Å². The van der Waals surface area contributed by atoms with E-state index >= 15 is 0 Å². The van der Waals surface area contributed by atoms with Crippen molar-refractivity contribution < 1.29 is 24.3 Å². The second-order valence-corrected chi connectivity index (χ2v) is 9.17. The van der Waals surface area contributed by atoms with Crippen molar-refractivity contribution in [3.05, 3.63) is 117 Å². The Balaban J connectivity index is 1.49. The average Bonchev–Trinajstić information content (AvgIpc) is 3.14. The van der Waals surface area contributed by atoms with Gasteiger partial charge >= 0.3 is 5.97 Å². The lowest BCUT2D eigenvalue weighted by molar-refractivity contribution is 0.0697. The monoisotopic (exact) mass is 588 g/mol. The number of hydrogen-bond acceptors (Lipinski definition) is 4. The number of aromatic carboxylic acids is 1. The van der Waals surface area contributed by atoms with E-state index in [-0.39, 0.29) is 27.9 Å². The fourth-order valence-electron chi connectivity index (χ4n) is 4.15. The normalized spacial score (nSPS) is 12.4. The van der Waals surface area contributed by atoms with Crippen LogP contribution in [0.2, 0.25) is 0 Å². The first-order valence-corrected chi connectivity index (χ1v) is 11.9. The molecule has 1 aliphatic heterocycles. The fourth-order valence-corrected chi connectivity index (χ4v) is 4.78. The van der Waals surface area contributed by atoms with E-state index in [0.29, 0.717) is 9.26 Å². The maximum Gasteiger partial charge on any atom is 0.337 e. The first kappa shape index (κ1) is 23.4. The first-order chi connectivity index (χ1) is 17.4. The van der Waals surface area contributed by atoms with Crippen LogP contribution in [0.15, 0.2) is 91.0 Å².